The van der Waals surface area contributed by atoms with E-state index in [9.17, 15) is 4.39 Å². The number of nitrogen functional groups attached to an aromatic ring is 1. The second-order valence-electron chi connectivity index (χ2n) is 7.51. The van der Waals surface area contributed by atoms with E-state index in [4.69, 9.17) is 5.73 Å². The summed E-state index contributed by atoms with van der Waals surface area (Å²) in [5, 5.41) is 3.55. The van der Waals surface area contributed by atoms with Crippen molar-refractivity contribution in [2.45, 2.75) is 52.0 Å². The molecule has 4 heteroatoms. The highest BCUT2D eigenvalue weighted by Gasteiger charge is 2.20. The zero-order valence-electron chi connectivity index (χ0n) is 15.2. The summed E-state index contributed by atoms with van der Waals surface area (Å²) >= 11 is 0. The smallest absolute Gasteiger partial charge is 0.123 e. The summed E-state index contributed by atoms with van der Waals surface area (Å²) < 4.78 is 14.0. The summed E-state index contributed by atoms with van der Waals surface area (Å²) in [5.74, 6) is 1.16. The molecule has 0 saturated carbocycles. The maximum atomic E-state index is 14.0. The normalized spacial score (nSPS) is 20.1. The number of anilines is 1. The van der Waals surface area contributed by atoms with Gasteiger partial charge in [0, 0.05) is 11.7 Å². The third-order valence-corrected chi connectivity index (χ3v) is 4.95. The SMILES string of the molecule is Cc1cc(N)nc(CCc2cc(F)cc(CC[C@@H]3C[C@H](C)CN3)c2)c1. The Labute approximate surface area is 149 Å². The second kappa shape index (κ2) is 7.96. The minimum atomic E-state index is -0.142. The van der Waals surface area contributed by atoms with E-state index in [-0.39, 0.29) is 5.82 Å². The molecule has 1 fully saturated rings. The van der Waals surface area contributed by atoms with Crippen molar-refractivity contribution >= 4 is 5.82 Å². The van der Waals surface area contributed by atoms with Gasteiger partial charge >= 0.3 is 0 Å². The molecule has 1 aromatic carbocycles. The molecule has 2 aromatic rings. The van der Waals surface area contributed by atoms with Crippen molar-refractivity contribution in [2.75, 3.05) is 12.3 Å². The van der Waals surface area contributed by atoms with Gasteiger partial charge in [0.05, 0.1) is 0 Å². The van der Waals surface area contributed by atoms with Crippen LogP contribution in [0.5, 0.6) is 0 Å². The number of nitrogens with zero attached hydrogens (tertiary/aromatic N) is 1. The molecule has 1 aliphatic rings. The molecule has 134 valence electrons. The number of aryl methyl sites for hydroxylation is 4. The molecule has 3 N–H and O–H groups in total. The van der Waals surface area contributed by atoms with E-state index >= 15 is 0 Å². The van der Waals surface area contributed by atoms with Crippen LogP contribution in [-0.2, 0) is 19.3 Å². The Kier molecular flexibility index (Phi) is 5.69. The molecule has 3 rings (SSSR count). The molecule has 0 bridgehead atoms. The minimum Gasteiger partial charge on any atom is -0.384 e. The van der Waals surface area contributed by atoms with E-state index in [1.54, 1.807) is 12.1 Å². The van der Waals surface area contributed by atoms with E-state index in [2.05, 4.69) is 23.3 Å². The maximum Gasteiger partial charge on any atom is 0.123 e. The van der Waals surface area contributed by atoms with Gasteiger partial charge in [-0.25, -0.2) is 9.37 Å². The van der Waals surface area contributed by atoms with Gasteiger partial charge in [-0.3, -0.25) is 0 Å². The summed E-state index contributed by atoms with van der Waals surface area (Å²) in [5.41, 5.74) is 10.0. The van der Waals surface area contributed by atoms with Crippen LogP contribution in [0.4, 0.5) is 10.2 Å². The quantitative estimate of drug-likeness (QED) is 0.840. The number of nitrogens with two attached hydrogens (primary N) is 1. The first kappa shape index (κ1) is 17.9. The molecule has 0 amide bonds. The fraction of sp³-hybridized carbons (Fsp3) is 0.476. The number of halogens is 1. The van der Waals surface area contributed by atoms with Crippen molar-refractivity contribution in [3.63, 3.8) is 0 Å². The summed E-state index contributed by atoms with van der Waals surface area (Å²) in [6, 6.07) is 9.93. The molecule has 0 aliphatic carbocycles. The third kappa shape index (κ3) is 5.27. The van der Waals surface area contributed by atoms with Crippen molar-refractivity contribution in [2.24, 2.45) is 5.92 Å². The van der Waals surface area contributed by atoms with Gasteiger partial charge in [0.15, 0.2) is 0 Å². The lowest BCUT2D eigenvalue weighted by Crippen LogP contribution is -2.21. The Bertz CT molecular complexity index is 709. The first-order valence-electron chi connectivity index (χ1n) is 9.22. The fourth-order valence-electron chi connectivity index (χ4n) is 3.76. The van der Waals surface area contributed by atoms with E-state index in [0.717, 1.165) is 60.5 Å². The molecule has 0 radical (unpaired) electrons. The molecule has 0 unspecified atom stereocenters. The standard InChI is InChI=1S/C21H28FN3/c1-14-7-20(25-21(23)9-14)6-4-17-10-16(11-18(22)12-17)3-5-19-8-15(2)13-24-19/h7,9-12,15,19,24H,3-6,8,13H2,1-2H3,(H2,23,25)/t15-,19+/m0/s1. The van der Waals surface area contributed by atoms with Gasteiger partial charge in [0.1, 0.15) is 11.6 Å². The van der Waals surface area contributed by atoms with Crippen LogP contribution in [0.2, 0.25) is 0 Å². The first-order chi connectivity index (χ1) is 12.0. The average Bonchev–Trinajstić information content (AvgIpc) is 2.95. The van der Waals surface area contributed by atoms with Crippen molar-refractivity contribution in [3.8, 4) is 0 Å². The van der Waals surface area contributed by atoms with E-state index < -0.39 is 0 Å². The number of nitrogens with one attached hydrogen (secondary N) is 1. The lowest BCUT2D eigenvalue weighted by Gasteiger charge is -2.11. The van der Waals surface area contributed by atoms with E-state index in [1.165, 1.54) is 6.42 Å². The largest absolute Gasteiger partial charge is 0.384 e. The molecule has 3 nitrogen and oxygen atoms in total. The number of pyridine rings is 1. The minimum absolute atomic E-state index is 0.142. The second-order valence-corrected chi connectivity index (χ2v) is 7.51. The number of aromatic nitrogens is 1. The lowest BCUT2D eigenvalue weighted by molar-refractivity contribution is 0.542. The number of hydrogen-bond acceptors (Lipinski definition) is 3. The molecule has 1 saturated heterocycles. The molecule has 1 aromatic heterocycles. The van der Waals surface area contributed by atoms with Crippen LogP contribution < -0.4 is 11.1 Å². The number of rotatable bonds is 6. The predicted molar refractivity (Wildman–Crippen MR) is 101 cm³/mol. The van der Waals surface area contributed by atoms with Crippen LogP contribution in [0.3, 0.4) is 0 Å². The van der Waals surface area contributed by atoms with Crippen LogP contribution in [0.1, 0.15) is 42.1 Å². The zero-order chi connectivity index (χ0) is 17.8. The van der Waals surface area contributed by atoms with Crippen LogP contribution >= 0.6 is 0 Å². The van der Waals surface area contributed by atoms with Gasteiger partial charge in [-0.15, -0.1) is 0 Å². The summed E-state index contributed by atoms with van der Waals surface area (Å²) in [7, 11) is 0. The molecule has 1 aliphatic heterocycles. The van der Waals surface area contributed by atoms with Crippen molar-refractivity contribution in [1.82, 2.24) is 10.3 Å². The first-order valence-corrected chi connectivity index (χ1v) is 9.22. The Morgan fingerprint density at radius 2 is 1.88 bits per heavy atom. The maximum absolute atomic E-state index is 14.0. The lowest BCUT2D eigenvalue weighted by atomic mass is 9.98. The number of benzene rings is 1. The molecule has 2 atom stereocenters. The monoisotopic (exact) mass is 341 g/mol. The highest BCUT2D eigenvalue weighted by molar-refractivity contribution is 5.34. The van der Waals surface area contributed by atoms with Gasteiger partial charge in [-0.05, 0) is 92.4 Å². The molecular weight excluding hydrogens is 313 g/mol. The van der Waals surface area contributed by atoms with Gasteiger partial charge in [-0.1, -0.05) is 13.0 Å². The molecule has 2 heterocycles. The fourth-order valence-corrected chi connectivity index (χ4v) is 3.76. The van der Waals surface area contributed by atoms with Gasteiger partial charge in [-0.2, -0.15) is 0 Å². The van der Waals surface area contributed by atoms with Gasteiger partial charge < -0.3 is 11.1 Å². The van der Waals surface area contributed by atoms with Crippen molar-refractivity contribution in [3.05, 3.63) is 58.5 Å². The van der Waals surface area contributed by atoms with Crippen LogP contribution in [-0.4, -0.2) is 17.6 Å². The topological polar surface area (TPSA) is 50.9 Å². The van der Waals surface area contributed by atoms with E-state index in [1.807, 2.05) is 19.1 Å². The van der Waals surface area contributed by atoms with Gasteiger partial charge in [0.25, 0.3) is 0 Å². The highest BCUT2D eigenvalue weighted by Crippen LogP contribution is 2.19. The average molecular weight is 341 g/mol. The summed E-state index contributed by atoms with van der Waals surface area (Å²) in [6.45, 7) is 5.39. The van der Waals surface area contributed by atoms with Crippen molar-refractivity contribution in [1.29, 1.82) is 0 Å². The molecule has 25 heavy (non-hydrogen) atoms. The Balaban J connectivity index is 1.60. The Morgan fingerprint density at radius 3 is 2.56 bits per heavy atom. The summed E-state index contributed by atoms with van der Waals surface area (Å²) in [4.78, 5) is 4.37. The Morgan fingerprint density at radius 1 is 1.12 bits per heavy atom. The zero-order valence-corrected chi connectivity index (χ0v) is 15.2. The van der Waals surface area contributed by atoms with Gasteiger partial charge in [0.2, 0.25) is 0 Å². The predicted octanol–water partition coefficient (Wildman–Crippen LogP) is 3.83. The molecular formula is C21H28FN3. The number of hydrogen-bond donors (Lipinski definition) is 2. The molecule has 0 spiro atoms. The van der Waals surface area contributed by atoms with Crippen molar-refractivity contribution < 1.29 is 4.39 Å². The Hall–Kier alpha value is -1.94. The third-order valence-electron chi connectivity index (χ3n) is 4.95. The van der Waals surface area contributed by atoms with Crippen LogP contribution in [0.25, 0.3) is 0 Å². The summed E-state index contributed by atoms with van der Waals surface area (Å²) in [6.07, 6.45) is 4.77. The van der Waals surface area contributed by atoms with E-state index in [0.29, 0.717) is 11.9 Å². The van der Waals surface area contributed by atoms with Crippen LogP contribution in [0.15, 0.2) is 30.3 Å². The van der Waals surface area contributed by atoms with Crippen LogP contribution in [0, 0.1) is 18.7 Å². The highest BCUT2D eigenvalue weighted by atomic mass is 19.1.